The van der Waals surface area contributed by atoms with E-state index in [0.717, 1.165) is 23.2 Å². The number of amides is 2. The smallest absolute Gasteiger partial charge is 0.421 e. The van der Waals surface area contributed by atoms with Crippen molar-refractivity contribution in [2.75, 3.05) is 19.7 Å². The fourth-order valence-corrected chi connectivity index (χ4v) is 2.78. The van der Waals surface area contributed by atoms with Gasteiger partial charge in [0.25, 0.3) is 0 Å². The lowest BCUT2D eigenvalue weighted by atomic mass is 9.93. The molecule has 7 nitrogen and oxygen atoms in total. The summed E-state index contributed by atoms with van der Waals surface area (Å²) in [6.07, 6.45) is -5.72. The highest BCUT2D eigenvalue weighted by molar-refractivity contribution is 5.82. The summed E-state index contributed by atoms with van der Waals surface area (Å²) in [6.45, 7) is 7.21. The zero-order valence-corrected chi connectivity index (χ0v) is 18.0. The lowest BCUT2D eigenvalue weighted by molar-refractivity contribution is -0.139. The molecule has 2 rings (SSSR count). The predicted octanol–water partition coefficient (Wildman–Crippen LogP) is 3.58. The van der Waals surface area contributed by atoms with Gasteiger partial charge in [0, 0.05) is 12.7 Å². The first-order valence-corrected chi connectivity index (χ1v) is 9.68. The van der Waals surface area contributed by atoms with E-state index in [1.807, 2.05) is 0 Å². The molecule has 2 heterocycles. The third-order valence-corrected chi connectivity index (χ3v) is 4.48. The van der Waals surface area contributed by atoms with Gasteiger partial charge in [-0.25, -0.2) is 14.2 Å². The van der Waals surface area contributed by atoms with E-state index in [4.69, 9.17) is 9.47 Å². The summed E-state index contributed by atoms with van der Waals surface area (Å²) in [6, 6.07) is 0.984. The van der Waals surface area contributed by atoms with Crippen molar-refractivity contribution in [2.45, 2.75) is 58.6 Å². The minimum Gasteiger partial charge on any atom is -0.476 e. The van der Waals surface area contributed by atoms with Crippen LogP contribution in [0.2, 0.25) is 0 Å². The minimum atomic E-state index is -4.66. The number of nitrogens with one attached hydrogen (secondary N) is 1. The number of hydrogen-bond donors (Lipinski definition) is 1. The molecule has 1 fully saturated rings. The molecule has 0 bridgehead atoms. The Morgan fingerprint density at radius 2 is 1.84 bits per heavy atom. The quantitative estimate of drug-likeness (QED) is 0.695. The first-order valence-electron chi connectivity index (χ1n) is 9.68. The molecule has 11 heteroatoms. The summed E-state index contributed by atoms with van der Waals surface area (Å²) < 4.78 is 64.0. The Bertz CT molecular complexity index is 808. The van der Waals surface area contributed by atoms with Gasteiger partial charge >= 0.3 is 12.3 Å². The van der Waals surface area contributed by atoms with E-state index >= 15 is 0 Å². The van der Waals surface area contributed by atoms with Gasteiger partial charge in [-0.15, -0.1) is 0 Å². The van der Waals surface area contributed by atoms with E-state index in [1.165, 1.54) is 13.8 Å². The largest absolute Gasteiger partial charge is 0.476 e. The standard InChI is InChI=1S/C20H27F4N3O4/c1-18(2,3)31-17(29)27-9-13(21)14(10-27)26-16(28)19(4,5)11-30-15-12(20(22,23)24)7-6-8-25-15/h6-8,13-14H,9-11H2,1-5H3,(H,26,28)/t13-,14-/m1/s1. The number of nitrogens with zero attached hydrogens (tertiary/aromatic N) is 2. The van der Waals surface area contributed by atoms with Crippen molar-refractivity contribution in [3.05, 3.63) is 23.9 Å². The maximum Gasteiger partial charge on any atom is 0.421 e. The number of carbonyl (C=O) groups excluding carboxylic acids is 2. The summed E-state index contributed by atoms with van der Waals surface area (Å²) in [7, 11) is 0. The van der Waals surface area contributed by atoms with Gasteiger partial charge in [-0.3, -0.25) is 4.79 Å². The average molecular weight is 449 g/mol. The molecule has 0 unspecified atom stereocenters. The Kier molecular flexibility index (Phi) is 7.07. The summed E-state index contributed by atoms with van der Waals surface area (Å²) in [5, 5.41) is 2.51. The molecule has 0 aromatic carbocycles. The molecule has 2 amide bonds. The van der Waals surface area contributed by atoms with Crippen LogP contribution in [0.15, 0.2) is 18.3 Å². The molecule has 1 N–H and O–H groups in total. The first-order chi connectivity index (χ1) is 14.1. The second-order valence-electron chi connectivity index (χ2n) is 9.01. The van der Waals surface area contributed by atoms with Gasteiger partial charge in [-0.05, 0) is 46.8 Å². The van der Waals surface area contributed by atoms with Gasteiger partial charge in [0.2, 0.25) is 11.8 Å². The topological polar surface area (TPSA) is 80.8 Å². The molecular formula is C20H27F4N3O4. The molecule has 31 heavy (non-hydrogen) atoms. The highest BCUT2D eigenvalue weighted by Crippen LogP contribution is 2.35. The number of carbonyl (C=O) groups is 2. The van der Waals surface area contributed by atoms with Gasteiger partial charge < -0.3 is 19.7 Å². The Labute approximate surface area is 178 Å². The molecule has 1 aromatic heterocycles. The molecule has 0 saturated carbocycles. The van der Waals surface area contributed by atoms with Gasteiger partial charge in [-0.2, -0.15) is 13.2 Å². The van der Waals surface area contributed by atoms with Crippen LogP contribution in [0, 0.1) is 5.41 Å². The Morgan fingerprint density at radius 3 is 2.42 bits per heavy atom. The molecule has 0 aliphatic carbocycles. The number of halogens is 4. The molecule has 1 saturated heterocycles. The van der Waals surface area contributed by atoms with Crippen LogP contribution in [0.1, 0.15) is 40.2 Å². The second-order valence-corrected chi connectivity index (χ2v) is 9.01. The van der Waals surface area contributed by atoms with E-state index in [0.29, 0.717) is 0 Å². The van der Waals surface area contributed by atoms with Crippen LogP contribution in [0.25, 0.3) is 0 Å². The molecule has 1 aliphatic heterocycles. The number of rotatable bonds is 5. The zero-order valence-electron chi connectivity index (χ0n) is 18.0. The Morgan fingerprint density at radius 1 is 1.19 bits per heavy atom. The van der Waals surface area contributed by atoms with Crippen LogP contribution in [0.5, 0.6) is 5.88 Å². The lowest BCUT2D eigenvalue weighted by Crippen LogP contribution is -2.49. The SMILES string of the molecule is CC(C)(C)OC(=O)N1C[C@@H](F)[C@H](NC(=O)C(C)(C)COc2ncccc2C(F)(F)F)C1. The number of aromatic nitrogens is 1. The number of pyridine rings is 1. The number of alkyl halides is 4. The lowest BCUT2D eigenvalue weighted by Gasteiger charge is -2.27. The van der Waals surface area contributed by atoms with Crippen molar-refractivity contribution in [3.63, 3.8) is 0 Å². The number of likely N-dealkylation sites (tertiary alicyclic amines) is 1. The van der Waals surface area contributed by atoms with Crippen molar-refractivity contribution in [1.29, 1.82) is 0 Å². The predicted molar refractivity (Wildman–Crippen MR) is 103 cm³/mol. The second kappa shape index (κ2) is 8.88. The van der Waals surface area contributed by atoms with Gasteiger partial charge in [-0.1, -0.05) is 0 Å². The monoisotopic (exact) mass is 449 g/mol. The summed E-state index contributed by atoms with van der Waals surface area (Å²) >= 11 is 0. The van der Waals surface area contributed by atoms with Gasteiger partial charge in [0.15, 0.2) is 0 Å². The van der Waals surface area contributed by atoms with Crippen LogP contribution in [-0.4, -0.2) is 59.4 Å². The maximum absolute atomic E-state index is 14.4. The van der Waals surface area contributed by atoms with Crippen molar-refractivity contribution in [1.82, 2.24) is 15.2 Å². The van der Waals surface area contributed by atoms with Gasteiger partial charge in [0.05, 0.1) is 18.0 Å². The molecule has 174 valence electrons. The molecule has 2 atom stereocenters. The highest BCUT2D eigenvalue weighted by Gasteiger charge is 2.41. The molecule has 1 aliphatic rings. The van der Waals surface area contributed by atoms with E-state index in [1.54, 1.807) is 20.8 Å². The highest BCUT2D eigenvalue weighted by atomic mass is 19.4. The Balaban J connectivity index is 1.98. The van der Waals surface area contributed by atoms with E-state index < -0.39 is 59.5 Å². The van der Waals surface area contributed by atoms with Crippen LogP contribution >= 0.6 is 0 Å². The van der Waals surface area contributed by atoms with Crippen molar-refractivity contribution >= 4 is 12.0 Å². The molecule has 1 aromatic rings. The molecular weight excluding hydrogens is 422 g/mol. The van der Waals surface area contributed by atoms with Crippen LogP contribution in [0.4, 0.5) is 22.4 Å². The fraction of sp³-hybridized carbons (Fsp3) is 0.650. The number of ether oxygens (including phenoxy) is 2. The third kappa shape index (κ3) is 6.70. The van der Waals surface area contributed by atoms with Crippen LogP contribution in [0.3, 0.4) is 0 Å². The van der Waals surface area contributed by atoms with Crippen LogP contribution < -0.4 is 10.1 Å². The molecule has 0 radical (unpaired) electrons. The van der Waals surface area contributed by atoms with E-state index in [-0.39, 0.29) is 13.1 Å². The summed E-state index contributed by atoms with van der Waals surface area (Å²) in [5.74, 6) is -1.27. The normalized spacial score (nSPS) is 19.8. The fourth-order valence-electron chi connectivity index (χ4n) is 2.78. The first kappa shape index (κ1) is 24.7. The van der Waals surface area contributed by atoms with Crippen molar-refractivity contribution in [3.8, 4) is 5.88 Å². The van der Waals surface area contributed by atoms with Crippen molar-refractivity contribution < 1.29 is 36.6 Å². The van der Waals surface area contributed by atoms with E-state index in [9.17, 15) is 27.2 Å². The number of hydrogen-bond acceptors (Lipinski definition) is 5. The maximum atomic E-state index is 14.4. The van der Waals surface area contributed by atoms with Gasteiger partial charge in [0.1, 0.15) is 23.9 Å². The van der Waals surface area contributed by atoms with Crippen LogP contribution in [-0.2, 0) is 15.7 Å². The zero-order chi connectivity index (χ0) is 23.6. The third-order valence-electron chi connectivity index (χ3n) is 4.48. The van der Waals surface area contributed by atoms with Crippen molar-refractivity contribution in [2.24, 2.45) is 5.41 Å². The minimum absolute atomic E-state index is 0.0861. The van der Waals surface area contributed by atoms with E-state index in [2.05, 4.69) is 10.3 Å². The molecule has 0 spiro atoms. The average Bonchev–Trinajstić information content (AvgIpc) is 2.99. The summed E-state index contributed by atoms with van der Waals surface area (Å²) in [5.41, 5.74) is -3.09. The Hall–Kier alpha value is -2.59. The summed E-state index contributed by atoms with van der Waals surface area (Å²) in [4.78, 5) is 29.5.